The quantitative estimate of drug-likeness (QED) is 0.757. The smallest absolute Gasteiger partial charge is 0.251 e. The summed E-state index contributed by atoms with van der Waals surface area (Å²) in [6.07, 6.45) is 3.45. The normalized spacial score (nSPS) is 12.5. The van der Waals surface area contributed by atoms with Gasteiger partial charge in [-0.05, 0) is 60.1 Å². The van der Waals surface area contributed by atoms with Gasteiger partial charge in [0.25, 0.3) is 5.91 Å². The van der Waals surface area contributed by atoms with Crippen LogP contribution in [0, 0.1) is 9.49 Å². The molecule has 1 N–H and O–H groups in total. The SMILES string of the molecule is CC(C)CCC[C@@H](C)NC(=O)c1cccc(I)c1. The molecule has 0 bridgehead atoms. The summed E-state index contributed by atoms with van der Waals surface area (Å²) in [4.78, 5) is 12.0. The Hall–Kier alpha value is -0.580. The maximum Gasteiger partial charge on any atom is 0.251 e. The number of carbonyl (C=O) groups excluding carboxylic acids is 1. The van der Waals surface area contributed by atoms with Gasteiger partial charge in [-0.25, -0.2) is 0 Å². The van der Waals surface area contributed by atoms with E-state index in [1.54, 1.807) is 0 Å². The molecule has 100 valence electrons. The van der Waals surface area contributed by atoms with Gasteiger partial charge < -0.3 is 5.32 Å². The van der Waals surface area contributed by atoms with Crippen LogP contribution in [-0.4, -0.2) is 11.9 Å². The van der Waals surface area contributed by atoms with Crippen LogP contribution in [0.5, 0.6) is 0 Å². The molecule has 0 heterocycles. The number of halogens is 1. The zero-order valence-electron chi connectivity index (χ0n) is 11.4. The Morgan fingerprint density at radius 3 is 2.61 bits per heavy atom. The molecule has 0 saturated carbocycles. The third kappa shape index (κ3) is 5.85. The van der Waals surface area contributed by atoms with Crippen molar-refractivity contribution in [2.24, 2.45) is 5.92 Å². The Morgan fingerprint density at radius 1 is 1.28 bits per heavy atom. The first-order valence-electron chi connectivity index (χ1n) is 6.55. The van der Waals surface area contributed by atoms with Crippen molar-refractivity contribution in [1.82, 2.24) is 5.32 Å². The van der Waals surface area contributed by atoms with Gasteiger partial charge in [-0.15, -0.1) is 0 Å². The van der Waals surface area contributed by atoms with Crippen molar-refractivity contribution in [3.63, 3.8) is 0 Å². The highest BCUT2D eigenvalue weighted by Crippen LogP contribution is 2.10. The topological polar surface area (TPSA) is 29.1 Å². The van der Waals surface area contributed by atoms with E-state index < -0.39 is 0 Å². The number of rotatable bonds is 6. The molecular formula is C15H22INO. The van der Waals surface area contributed by atoms with E-state index in [-0.39, 0.29) is 11.9 Å². The van der Waals surface area contributed by atoms with Crippen molar-refractivity contribution in [2.45, 2.75) is 46.1 Å². The van der Waals surface area contributed by atoms with Crippen molar-refractivity contribution >= 4 is 28.5 Å². The number of benzene rings is 1. The number of hydrogen-bond acceptors (Lipinski definition) is 1. The molecule has 0 aliphatic heterocycles. The van der Waals surface area contributed by atoms with Gasteiger partial charge in [0, 0.05) is 15.2 Å². The molecular weight excluding hydrogens is 337 g/mol. The van der Waals surface area contributed by atoms with E-state index in [4.69, 9.17) is 0 Å². The molecule has 1 aromatic rings. The molecule has 18 heavy (non-hydrogen) atoms. The largest absolute Gasteiger partial charge is 0.350 e. The van der Waals surface area contributed by atoms with E-state index in [1.807, 2.05) is 24.3 Å². The van der Waals surface area contributed by atoms with E-state index in [0.29, 0.717) is 0 Å². The summed E-state index contributed by atoms with van der Waals surface area (Å²) < 4.78 is 1.09. The second-order valence-electron chi connectivity index (χ2n) is 5.21. The molecule has 0 saturated heterocycles. The Bertz CT molecular complexity index is 390. The van der Waals surface area contributed by atoms with Crippen LogP contribution in [0.4, 0.5) is 0 Å². The lowest BCUT2D eigenvalue weighted by atomic mass is 10.0. The lowest BCUT2D eigenvalue weighted by Gasteiger charge is -2.14. The lowest BCUT2D eigenvalue weighted by molar-refractivity contribution is 0.0937. The lowest BCUT2D eigenvalue weighted by Crippen LogP contribution is -2.32. The van der Waals surface area contributed by atoms with Gasteiger partial charge in [-0.3, -0.25) is 4.79 Å². The van der Waals surface area contributed by atoms with Crippen LogP contribution < -0.4 is 5.32 Å². The van der Waals surface area contributed by atoms with E-state index in [1.165, 1.54) is 12.8 Å². The Balaban J connectivity index is 2.40. The summed E-state index contributed by atoms with van der Waals surface area (Å²) >= 11 is 2.22. The molecule has 0 aliphatic carbocycles. The molecule has 0 aromatic heterocycles. The van der Waals surface area contributed by atoms with Gasteiger partial charge in [0.15, 0.2) is 0 Å². The average Bonchev–Trinajstić information content (AvgIpc) is 2.28. The summed E-state index contributed by atoms with van der Waals surface area (Å²) in [7, 11) is 0. The molecule has 1 rings (SSSR count). The molecule has 1 aromatic carbocycles. The maximum atomic E-state index is 12.0. The van der Waals surface area contributed by atoms with Crippen LogP contribution in [0.15, 0.2) is 24.3 Å². The molecule has 0 fully saturated rings. The maximum absolute atomic E-state index is 12.0. The zero-order chi connectivity index (χ0) is 13.5. The number of hydrogen-bond donors (Lipinski definition) is 1. The van der Waals surface area contributed by atoms with Gasteiger partial charge in [0.1, 0.15) is 0 Å². The predicted octanol–water partition coefficient (Wildman–Crippen LogP) is 4.24. The standard InChI is InChI=1S/C15H22INO/c1-11(2)6-4-7-12(3)17-15(18)13-8-5-9-14(16)10-13/h5,8-12H,4,6-7H2,1-3H3,(H,17,18)/t12-/m1/s1. The highest BCUT2D eigenvalue weighted by Gasteiger charge is 2.09. The van der Waals surface area contributed by atoms with Crippen LogP contribution in [0.2, 0.25) is 0 Å². The summed E-state index contributed by atoms with van der Waals surface area (Å²) in [6.45, 7) is 6.54. The fraction of sp³-hybridized carbons (Fsp3) is 0.533. The Kier molecular flexibility index (Phi) is 6.68. The molecule has 0 radical (unpaired) electrons. The second kappa shape index (κ2) is 7.77. The molecule has 0 unspecified atom stereocenters. The summed E-state index contributed by atoms with van der Waals surface area (Å²) in [5.41, 5.74) is 0.748. The van der Waals surface area contributed by atoms with E-state index in [0.717, 1.165) is 21.5 Å². The molecule has 3 heteroatoms. The third-order valence-electron chi connectivity index (χ3n) is 2.88. The highest BCUT2D eigenvalue weighted by atomic mass is 127. The minimum Gasteiger partial charge on any atom is -0.350 e. The second-order valence-corrected chi connectivity index (χ2v) is 6.46. The summed E-state index contributed by atoms with van der Waals surface area (Å²) in [6, 6.07) is 7.92. The highest BCUT2D eigenvalue weighted by molar-refractivity contribution is 14.1. The van der Waals surface area contributed by atoms with E-state index >= 15 is 0 Å². The molecule has 0 spiro atoms. The summed E-state index contributed by atoms with van der Waals surface area (Å²) in [5, 5.41) is 3.05. The van der Waals surface area contributed by atoms with Crippen molar-refractivity contribution < 1.29 is 4.79 Å². The number of nitrogens with one attached hydrogen (secondary N) is 1. The van der Waals surface area contributed by atoms with Crippen LogP contribution >= 0.6 is 22.6 Å². The Morgan fingerprint density at radius 2 is 2.00 bits per heavy atom. The first-order chi connectivity index (χ1) is 8.49. The van der Waals surface area contributed by atoms with Gasteiger partial charge in [0.2, 0.25) is 0 Å². The average molecular weight is 359 g/mol. The fourth-order valence-corrected chi connectivity index (χ4v) is 2.38. The van der Waals surface area contributed by atoms with Crippen LogP contribution in [0.1, 0.15) is 50.4 Å². The third-order valence-corrected chi connectivity index (χ3v) is 3.55. The Labute approximate surface area is 124 Å². The van der Waals surface area contributed by atoms with Crippen LogP contribution in [0.25, 0.3) is 0 Å². The van der Waals surface area contributed by atoms with E-state index in [9.17, 15) is 4.79 Å². The van der Waals surface area contributed by atoms with Crippen molar-refractivity contribution in [3.8, 4) is 0 Å². The first kappa shape index (κ1) is 15.5. The van der Waals surface area contributed by atoms with Crippen LogP contribution in [-0.2, 0) is 0 Å². The molecule has 0 aliphatic rings. The summed E-state index contributed by atoms with van der Waals surface area (Å²) in [5.74, 6) is 0.772. The van der Waals surface area contributed by atoms with Gasteiger partial charge in [-0.1, -0.05) is 32.8 Å². The van der Waals surface area contributed by atoms with Crippen LogP contribution in [0.3, 0.4) is 0 Å². The van der Waals surface area contributed by atoms with Gasteiger partial charge in [0.05, 0.1) is 0 Å². The number of amides is 1. The minimum absolute atomic E-state index is 0.0329. The van der Waals surface area contributed by atoms with Crippen molar-refractivity contribution in [2.75, 3.05) is 0 Å². The fourth-order valence-electron chi connectivity index (χ4n) is 1.84. The molecule has 1 amide bonds. The zero-order valence-corrected chi connectivity index (χ0v) is 13.5. The van der Waals surface area contributed by atoms with E-state index in [2.05, 4.69) is 48.7 Å². The molecule has 2 nitrogen and oxygen atoms in total. The van der Waals surface area contributed by atoms with Gasteiger partial charge >= 0.3 is 0 Å². The molecule has 1 atom stereocenters. The van der Waals surface area contributed by atoms with Gasteiger partial charge in [-0.2, -0.15) is 0 Å². The van der Waals surface area contributed by atoms with Crippen molar-refractivity contribution in [3.05, 3.63) is 33.4 Å². The first-order valence-corrected chi connectivity index (χ1v) is 7.63. The predicted molar refractivity (Wildman–Crippen MR) is 84.8 cm³/mol. The minimum atomic E-state index is 0.0329. The monoisotopic (exact) mass is 359 g/mol. The number of carbonyl (C=O) groups is 1. The van der Waals surface area contributed by atoms with Crippen molar-refractivity contribution in [1.29, 1.82) is 0 Å².